The number of methoxy groups -OCH3 is 1. The number of hydrogen-bond acceptors (Lipinski definition) is 8. The highest BCUT2D eigenvalue weighted by atomic mass is 16.5. The molecule has 4 rings (SSSR count). The van der Waals surface area contributed by atoms with E-state index < -0.39 is 0 Å². The number of anilines is 1. The van der Waals surface area contributed by atoms with Crippen LogP contribution in [0.15, 0.2) is 29.0 Å². The first-order valence-electron chi connectivity index (χ1n) is 15.0. The molecular weight excluding hydrogens is 520 g/mol. The molecule has 1 aliphatic carbocycles. The van der Waals surface area contributed by atoms with E-state index >= 15 is 0 Å². The molecule has 2 aromatic heterocycles. The van der Waals surface area contributed by atoms with Gasteiger partial charge < -0.3 is 30.0 Å². The zero-order valence-electron chi connectivity index (χ0n) is 25.5. The lowest BCUT2D eigenvalue weighted by molar-refractivity contribution is -0.127. The van der Waals surface area contributed by atoms with Gasteiger partial charge in [0.25, 0.3) is 5.91 Å². The van der Waals surface area contributed by atoms with Crippen molar-refractivity contribution in [2.75, 3.05) is 32.1 Å². The van der Waals surface area contributed by atoms with Gasteiger partial charge >= 0.3 is 0 Å². The van der Waals surface area contributed by atoms with Gasteiger partial charge in [0.1, 0.15) is 23.0 Å². The van der Waals surface area contributed by atoms with Crippen molar-refractivity contribution in [3.63, 3.8) is 0 Å². The van der Waals surface area contributed by atoms with Crippen molar-refractivity contribution in [1.29, 1.82) is 0 Å². The molecule has 0 unspecified atom stereocenters. The molecule has 0 bridgehead atoms. The summed E-state index contributed by atoms with van der Waals surface area (Å²) in [6.45, 7) is 12.7. The predicted octanol–water partition coefficient (Wildman–Crippen LogP) is 4.13. The van der Waals surface area contributed by atoms with Crippen LogP contribution in [0.5, 0.6) is 0 Å². The molecule has 0 spiro atoms. The zero-order chi connectivity index (χ0) is 29.6. The fourth-order valence-corrected chi connectivity index (χ4v) is 5.71. The van der Waals surface area contributed by atoms with Crippen LogP contribution in [0.25, 0.3) is 0 Å². The first kappa shape index (κ1) is 31.0. The van der Waals surface area contributed by atoms with E-state index in [1.807, 2.05) is 17.0 Å². The van der Waals surface area contributed by atoms with E-state index in [1.54, 1.807) is 19.6 Å². The van der Waals surface area contributed by atoms with E-state index in [0.29, 0.717) is 49.8 Å². The number of piperidine rings is 1. The van der Waals surface area contributed by atoms with Crippen molar-refractivity contribution in [2.24, 2.45) is 11.8 Å². The minimum atomic E-state index is -0.276. The number of aromatic nitrogens is 2. The van der Waals surface area contributed by atoms with Crippen molar-refractivity contribution >= 4 is 17.6 Å². The summed E-state index contributed by atoms with van der Waals surface area (Å²) < 4.78 is 11.0. The van der Waals surface area contributed by atoms with E-state index in [0.717, 1.165) is 31.4 Å². The Morgan fingerprint density at radius 1 is 1.20 bits per heavy atom. The van der Waals surface area contributed by atoms with Crippen molar-refractivity contribution in [1.82, 2.24) is 25.5 Å². The summed E-state index contributed by atoms with van der Waals surface area (Å²) >= 11 is 0. The lowest BCUT2D eigenvalue weighted by Crippen LogP contribution is -2.58. The van der Waals surface area contributed by atoms with Crippen LogP contribution >= 0.6 is 0 Å². The van der Waals surface area contributed by atoms with E-state index in [9.17, 15) is 9.59 Å². The first-order valence-corrected chi connectivity index (χ1v) is 15.0. The number of nitrogens with one attached hydrogen (secondary N) is 3. The Balaban J connectivity index is 1.51. The molecule has 10 heteroatoms. The molecule has 10 nitrogen and oxygen atoms in total. The molecule has 2 aliphatic rings. The number of nitrogens with zero attached hydrogens (tertiary/aromatic N) is 3. The monoisotopic (exact) mass is 568 g/mol. The van der Waals surface area contributed by atoms with Gasteiger partial charge in [-0.15, -0.1) is 0 Å². The summed E-state index contributed by atoms with van der Waals surface area (Å²) in [5.41, 5.74) is 0.160. The van der Waals surface area contributed by atoms with Gasteiger partial charge in [0.05, 0.1) is 18.9 Å². The highest BCUT2D eigenvalue weighted by Crippen LogP contribution is 2.27. The minimum Gasteiger partial charge on any atom is -0.467 e. The number of carbonyl (C=O) groups excluding carboxylic acids is 2. The van der Waals surface area contributed by atoms with Crippen LogP contribution in [-0.4, -0.2) is 71.6 Å². The minimum absolute atomic E-state index is 0.0245. The third-order valence-corrected chi connectivity index (χ3v) is 8.02. The average molecular weight is 569 g/mol. The van der Waals surface area contributed by atoms with Crippen LogP contribution in [0.2, 0.25) is 0 Å². The number of ether oxygens (including phenoxy) is 1. The molecule has 3 heterocycles. The number of hydrogen-bond donors (Lipinski definition) is 3. The van der Waals surface area contributed by atoms with Gasteiger partial charge in [-0.1, -0.05) is 34.6 Å². The molecule has 1 aliphatic heterocycles. The molecule has 3 N–H and O–H groups in total. The molecule has 2 fully saturated rings. The fourth-order valence-electron chi connectivity index (χ4n) is 5.71. The topological polar surface area (TPSA) is 122 Å². The predicted molar refractivity (Wildman–Crippen MR) is 159 cm³/mol. The first-order chi connectivity index (χ1) is 19.5. The molecule has 0 aromatic carbocycles. The van der Waals surface area contributed by atoms with Crippen molar-refractivity contribution < 1.29 is 18.7 Å². The number of carbonyl (C=O) groups is 2. The normalized spacial score (nSPS) is 23.3. The quantitative estimate of drug-likeness (QED) is 0.391. The molecular formula is C31H48N6O4. The molecule has 1 saturated carbocycles. The van der Waals surface area contributed by atoms with E-state index in [2.05, 4.69) is 55.6 Å². The van der Waals surface area contributed by atoms with Crippen LogP contribution in [0.4, 0.5) is 5.82 Å². The maximum atomic E-state index is 14.2. The summed E-state index contributed by atoms with van der Waals surface area (Å²) in [4.78, 5) is 38.6. The molecule has 1 saturated heterocycles. The second kappa shape index (κ2) is 13.8. The summed E-state index contributed by atoms with van der Waals surface area (Å²) in [6.07, 6.45) is 7.78. The highest BCUT2D eigenvalue weighted by Gasteiger charge is 2.34. The molecule has 2 aromatic rings. The number of amides is 2. The number of furan rings is 1. The van der Waals surface area contributed by atoms with Crippen LogP contribution in [0.3, 0.4) is 0 Å². The second-order valence-corrected chi connectivity index (χ2v) is 13.0. The van der Waals surface area contributed by atoms with Crippen LogP contribution in [0, 0.1) is 11.8 Å². The summed E-state index contributed by atoms with van der Waals surface area (Å²) in [5, 5.41) is 10.1. The number of rotatable bonds is 10. The highest BCUT2D eigenvalue weighted by molar-refractivity contribution is 5.98. The van der Waals surface area contributed by atoms with Gasteiger partial charge in [-0.2, -0.15) is 0 Å². The summed E-state index contributed by atoms with van der Waals surface area (Å²) in [7, 11) is 1.74. The Morgan fingerprint density at radius 2 is 1.95 bits per heavy atom. The molecule has 2 atom stereocenters. The Bertz CT molecular complexity index is 1140. The van der Waals surface area contributed by atoms with Crippen LogP contribution in [0.1, 0.15) is 88.7 Å². The molecule has 2 amide bonds. The van der Waals surface area contributed by atoms with E-state index in [4.69, 9.17) is 14.1 Å². The largest absolute Gasteiger partial charge is 0.467 e. The maximum Gasteiger partial charge on any atom is 0.259 e. The SMILES string of the molecule is COC1CCC(C(=O)N[C@H]2CNC[C@@H](N(CC(C)C)C(=O)c3cnc(C(C)(C)C)nc3NCc3ccco3)C2)CC1. The van der Waals surface area contributed by atoms with Gasteiger partial charge in [0, 0.05) is 56.4 Å². The van der Waals surface area contributed by atoms with Crippen molar-refractivity contribution in [3.05, 3.63) is 41.7 Å². The van der Waals surface area contributed by atoms with Gasteiger partial charge in [0.2, 0.25) is 5.91 Å². The molecule has 0 radical (unpaired) electrons. The van der Waals surface area contributed by atoms with Crippen LogP contribution in [-0.2, 0) is 21.5 Å². The Kier molecular flexibility index (Phi) is 10.4. The molecule has 41 heavy (non-hydrogen) atoms. The summed E-state index contributed by atoms with van der Waals surface area (Å²) in [5.74, 6) is 2.20. The smallest absolute Gasteiger partial charge is 0.259 e. The Hall–Kier alpha value is -2.98. The fraction of sp³-hybridized carbons (Fsp3) is 0.677. The van der Waals surface area contributed by atoms with Gasteiger partial charge in [-0.25, -0.2) is 9.97 Å². The third-order valence-electron chi connectivity index (χ3n) is 8.02. The van der Waals surface area contributed by atoms with Gasteiger partial charge in [-0.05, 0) is 50.2 Å². The average Bonchev–Trinajstić information content (AvgIpc) is 3.48. The lowest BCUT2D eigenvalue weighted by atomic mass is 9.86. The second-order valence-electron chi connectivity index (χ2n) is 13.0. The van der Waals surface area contributed by atoms with Gasteiger partial charge in [0.15, 0.2) is 0 Å². The standard InChI is InChI=1S/C31H48N6O4/c1-20(2)19-37(23-14-22(15-32-16-23)35-28(38)21-9-11-24(40-6)12-10-21)29(39)26-18-34-30(31(3,4)5)36-27(26)33-17-25-8-7-13-41-25/h7-8,13,18,20-24,32H,9-12,14-17,19H2,1-6H3,(H,35,38)(H,33,34,36)/t21?,22-,23+,24?/m1/s1. The third kappa shape index (κ3) is 8.29. The van der Waals surface area contributed by atoms with Gasteiger partial charge in [-0.3, -0.25) is 9.59 Å². The lowest BCUT2D eigenvalue weighted by Gasteiger charge is -2.39. The van der Waals surface area contributed by atoms with E-state index in [-0.39, 0.29) is 47.3 Å². The van der Waals surface area contributed by atoms with Crippen molar-refractivity contribution in [2.45, 2.75) is 96.9 Å². The maximum absolute atomic E-state index is 14.2. The van der Waals surface area contributed by atoms with Crippen LogP contribution < -0.4 is 16.0 Å². The summed E-state index contributed by atoms with van der Waals surface area (Å²) in [6, 6.07) is 3.61. The Morgan fingerprint density at radius 3 is 2.59 bits per heavy atom. The Labute approximate surface area is 244 Å². The zero-order valence-corrected chi connectivity index (χ0v) is 25.5. The molecule has 226 valence electrons. The van der Waals surface area contributed by atoms with E-state index in [1.165, 1.54) is 0 Å². The van der Waals surface area contributed by atoms with Crippen molar-refractivity contribution in [3.8, 4) is 0 Å².